The van der Waals surface area contributed by atoms with E-state index in [4.69, 9.17) is 15.0 Å². The Morgan fingerprint density at radius 3 is 1.57 bits per heavy atom. The molecule has 0 fully saturated rings. The number of nitrogens with zero attached hydrogens (tertiary/aromatic N) is 4. The van der Waals surface area contributed by atoms with Gasteiger partial charge in [0.1, 0.15) is 0 Å². The average Bonchev–Trinajstić information content (AvgIpc) is 3.82. The predicted molar refractivity (Wildman–Crippen MR) is 298 cm³/mol. The molecule has 0 N–H and O–H groups in total. The van der Waals surface area contributed by atoms with Crippen LogP contribution in [0.4, 0.5) is 0 Å². The Morgan fingerprint density at radius 1 is 0.348 bits per heavy atom. The summed E-state index contributed by atoms with van der Waals surface area (Å²) in [6, 6.07) is 83.4. The molecule has 0 spiro atoms. The molecule has 0 aliphatic carbocycles. The van der Waals surface area contributed by atoms with Crippen LogP contribution in [0.25, 0.3) is 82.4 Å². The van der Waals surface area contributed by atoms with E-state index in [0.29, 0.717) is 0 Å². The van der Waals surface area contributed by atoms with Crippen LogP contribution in [0.5, 0.6) is 0 Å². The molecular weight excluding hydrogens is 1010 g/mol. The van der Waals surface area contributed by atoms with Gasteiger partial charge >= 0.3 is 377 Å². The van der Waals surface area contributed by atoms with Crippen molar-refractivity contribution in [2.45, 2.75) is 0 Å². The van der Waals surface area contributed by atoms with Crippen LogP contribution in [0, 0.1) is 0 Å². The third-order valence-corrected chi connectivity index (χ3v) is 27.6. The molecule has 0 amide bonds. The van der Waals surface area contributed by atoms with Crippen LogP contribution in [-0.4, -0.2) is 49.5 Å². The Kier molecular flexibility index (Phi) is 10.4. The number of hydrogen-bond acceptors (Lipinski definition) is 3. The van der Waals surface area contributed by atoms with Crippen LogP contribution in [0.3, 0.4) is 0 Å². The number of aromatic nitrogens is 4. The normalized spacial score (nSPS) is 12.2. The standard InChI is InChI=1S/C61H40N4P2Se2/c68-66(46-16-5-1-6-17-46,47-18-7-2-8-19-47)50-29-25-43-35-45(39-62-57(43)38-50)42-27-31-53-58(36-42)65-59-37-44(28-33-56(59)64-61(65)54-32-26-41-15-13-14-24-52(41)60(53)54)55-34-30-51(40-63-55)67(69,48-20-9-3-10-21-48)49-22-11-4-12-23-49/h1-40H. The van der Waals surface area contributed by atoms with Crippen LogP contribution in [0.1, 0.15) is 0 Å². The second-order valence-corrected chi connectivity index (χ2v) is 29.9. The van der Waals surface area contributed by atoms with Crippen LogP contribution in [0.15, 0.2) is 243 Å². The van der Waals surface area contributed by atoms with Gasteiger partial charge < -0.3 is 0 Å². The summed E-state index contributed by atoms with van der Waals surface area (Å²) in [6.07, 6.45) is 4.10. The fourth-order valence-electron chi connectivity index (χ4n) is 10.2. The van der Waals surface area contributed by atoms with Gasteiger partial charge in [0.05, 0.1) is 0 Å². The van der Waals surface area contributed by atoms with Gasteiger partial charge in [-0.25, -0.2) is 0 Å². The first kappa shape index (κ1) is 42.3. The van der Waals surface area contributed by atoms with Crippen LogP contribution in [-0.2, 0) is 0 Å². The van der Waals surface area contributed by atoms with E-state index in [1.807, 2.05) is 6.20 Å². The average molecular weight is 1050 g/mol. The SMILES string of the molecule is [Se]=P(c1ccccc1)(c1ccccc1)c1ccc(-c2ccc3nc4c5ccc6ccccc6c5c5ccc(-c6cnc7cc(P(=[Se])(c8ccccc8)c8ccccc8)ccc7c6)cc5n4c3c2)nc1. The van der Waals surface area contributed by atoms with E-state index in [9.17, 15) is 0 Å². The molecule has 0 bridgehead atoms. The van der Waals surface area contributed by atoms with Crippen molar-refractivity contribution in [3.8, 4) is 22.4 Å². The monoisotopic (exact) mass is 1050 g/mol. The van der Waals surface area contributed by atoms with E-state index in [0.717, 1.165) is 60.9 Å². The third-order valence-electron chi connectivity index (χ3n) is 13.6. The maximum absolute atomic E-state index is 5.39. The molecule has 0 unspecified atom stereocenters. The molecule has 69 heavy (non-hydrogen) atoms. The fraction of sp³-hybridized carbons (Fsp3) is 0. The van der Waals surface area contributed by atoms with Crippen molar-refractivity contribution in [1.82, 2.24) is 19.4 Å². The quantitative estimate of drug-likeness (QED) is 0.0865. The summed E-state index contributed by atoms with van der Waals surface area (Å²) in [5.74, 6) is 0. The van der Waals surface area contributed by atoms with Crippen LogP contribution < -0.4 is 31.8 Å². The summed E-state index contributed by atoms with van der Waals surface area (Å²) in [5, 5.41) is 14.6. The molecule has 0 atom stereocenters. The summed E-state index contributed by atoms with van der Waals surface area (Å²) >= 11 is 7.39. The molecular formula is C61H40N4P2Se2. The molecule has 13 aromatic rings. The Morgan fingerprint density at radius 2 is 0.913 bits per heavy atom. The zero-order chi connectivity index (χ0) is 46.1. The van der Waals surface area contributed by atoms with Crippen molar-refractivity contribution >= 4 is 133 Å². The molecule has 13 rings (SSSR count). The van der Waals surface area contributed by atoms with Gasteiger partial charge in [-0.3, -0.25) is 0 Å². The van der Waals surface area contributed by atoms with Gasteiger partial charge in [0.25, 0.3) is 0 Å². The van der Waals surface area contributed by atoms with E-state index in [2.05, 4.69) is 271 Å². The molecule has 8 heteroatoms. The number of rotatable bonds is 8. The van der Waals surface area contributed by atoms with E-state index in [1.165, 1.54) is 53.4 Å². The van der Waals surface area contributed by atoms with Crippen molar-refractivity contribution in [3.05, 3.63) is 243 Å². The van der Waals surface area contributed by atoms with Crippen molar-refractivity contribution in [3.63, 3.8) is 0 Å². The molecule has 4 aromatic heterocycles. The maximum atomic E-state index is 5.39. The molecule has 326 valence electrons. The third kappa shape index (κ3) is 6.98. The van der Waals surface area contributed by atoms with Gasteiger partial charge in [-0.2, -0.15) is 0 Å². The molecule has 0 aliphatic rings. The van der Waals surface area contributed by atoms with Crippen LogP contribution in [0.2, 0.25) is 0 Å². The van der Waals surface area contributed by atoms with E-state index < -0.39 is 11.0 Å². The Hall–Kier alpha value is -6.83. The first-order chi connectivity index (χ1) is 33.9. The summed E-state index contributed by atoms with van der Waals surface area (Å²) in [5.41, 5.74) is 4.99. The zero-order valence-electron chi connectivity index (χ0n) is 37.1. The van der Waals surface area contributed by atoms with Gasteiger partial charge in [0.15, 0.2) is 0 Å². The Labute approximate surface area is 414 Å². The van der Waals surface area contributed by atoms with E-state index in [-0.39, 0.29) is 0 Å². The van der Waals surface area contributed by atoms with Gasteiger partial charge in [-0.05, 0) is 10.8 Å². The van der Waals surface area contributed by atoms with Gasteiger partial charge in [0.2, 0.25) is 0 Å². The molecule has 0 saturated heterocycles. The van der Waals surface area contributed by atoms with E-state index in [1.54, 1.807) is 0 Å². The minimum atomic E-state index is -2.05. The summed E-state index contributed by atoms with van der Waals surface area (Å²) in [4.78, 5) is 15.7. The molecule has 0 saturated carbocycles. The van der Waals surface area contributed by atoms with Gasteiger partial charge in [-0.15, -0.1) is 0 Å². The number of imidazole rings is 1. The second-order valence-electron chi connectivity index (χ2n) is 17.5. The number of benzene rings is 9. The number of pyridine rings is 3. The predicted octanol–water partition coefficient (Wildman–Crippen LogP) is 12.0. The first-order valence-corrected chi connectivity index (χ1v) is 31.0. The summed E-state index contributed by atoms with van der Waals surface area (Å²) < 4.78 is 2.36. The molecule has 9 aromatic carbocycles. The Balaban J connectivity index is 0.960. The van der Waals surface area contributed by atoms with Crippen molar-refractivity contribution in [1.29, 1.82) is 0 Å². The second kappa shape index (κ2) is 17.0. The van der Waals surface area contributed by atoms with Crippen LogP contribution >= 0.6 is 11.0 Å². The molecule has 0 radical (unpaired) electrons. The van der Waals surface area contributed by atoms with Crippen molar-refractivity contribution in [2.24, 2.45) is 0 Å². The summed E-state index contributed by atoms with van der Waals surface area (Å²) in [6.45, 7) is 0. The molecule has 0 aliphatic heterocycles. The zero-order valence-corrected chi connectivity index (χ0v) is 42.3. The van der Waals surface area contributed by atoms with Gasteiger partial charge in [0, 0.05) is 0 Å². The number of fused-ring (bicyclic) bond motifs is 11. The Bertz CT molecular complexity index is 4150. The molecule has 4 nitrogen and oxygen atoms in total. The van der Waals surface area contributed by atoms with E-state index >= 15 is 0 Å². The first-order valence-electron chi connectivity index (χ1n) is 22.9. The topological polar surface area (TPSA) is 43.1 Å². The van der Waals surface area contributed by atoms with Gasteiger partial charge in [-0.1, -0.05) is 30.3 Å². The minimum absolute atomic E-state index is 0.915. The molecule has 4 heterocycles. The van der Waals surface area contributed by atoms with Crippen molar-refractivity contribution < 1.29 is 0 Å². The number of hydrogen-bond donors (Lipinski definition) is 0. The fourth-order valence-corrected chi connectivity index (χ4v) is 19.9. The van der Waals surface area contributed by atoms with Crippen molar-refractivity contribution in [2.75, 3.05) is 0 Å². The summed E-state index contributed by atoms with van der Waals surface area (Å²) in [7, 11) is 0.